The van der Waals surface area contributed by atoms with E-state index in [1.54, 1.807) is 76.4 Å². The van der Waals surface area contributed by atoms with E-state index in [9.17, 15) is 14.4 Å². The maximum Gasteiger partial charge on any atom is 0.254 e. The number of hydrogen-bond acceptors (Lipinski definition) is 4. The zero-order valence-electron chi connectivity index (χ0n) is 20.3. The van der Waals surface area contributed by atoms with Crippen molar-refractivity contribution in [2.24, 2.45) is 11.7 Å². The highest BCUT2D eigenvalue weighted by Gasteiger charge is 2.45. The molecule has 5 nitrogen and oxygen atoms in total. The van der Waals surface area contributed by atoms with E-state index in [1.165, 1.54) is 0 Å². The second-order valence-corrected chi connectivity index (χ2v) is 15.4. The Kier molecular flexibility index (Phi) is 8.42. The van der Waals surface area contributed by atoms with E-state index in [0.29, 0.717) is 17.0 Å². The van der Waals surface area contributed by atoms with Gasteiger partial charge in [-0.3, -0.25) is 4.79 Å². The van der Waals surface area contributed by atoms with Gasteiger partial charge in [-0.2, -0.15) is 5.26 Å². The van der Waals surface area contributed by atoms with Crippen LogP contribution in [0.5, 0.6) is 0 Å². The number of rotatable bonds is 8. The molecule has 36 heavy (non-hydrogen) atoms. The van der Waals surface area contributed by atoms with Crippen molar-refractivity contribution in [3.8, 4) is 6.07 Å². The fourth-order valence-corrected chi connectivity index (χ4v) is 7.16. The predicted octanol–water partition coefficient (Wildman–Crippen LogP) is 6.82. The quantitative estimate of drug-likeness (QED) is 0.179. The summed E-state index contributed by atoms with van der Waals surface area (Å²) in [4.78, 5) is 15.7. The number of halogens is 3. The van der Waals surface area contributed by atoms with Crippen LogP contribution >= 0.6 is 45.2 Å². The number of carbonyl (C=O) groups excluding carboxylic acids is 1. The van der Waals surface area contributed by atoms with Gasteiger partial charge in [-0.15, -0.1) is 0 Å². The number of amides is 1. The van der Waals surface area contributed by atoms with Crippen molar-refractivity contribution in [2.75, 3.05) is 0 Å². The topological polar surface area (TPSA) is 94.0 Å². The van der Waals surface area contributed by atoms with Crippen LogP contribution in [0.4, 0.5) is 4.39 Å². The summed E-state index contributed by atoms with van der Waals surface area (Å²) in [5.41, 5.74) is 8.60. The number of nitrogens with one attached hydrogen (secondary N) is 1. The number of nitrogens with two attached hydrogens (primary N) is 1. The predicted molar refractivity (Wildman–Crippen MR) is 157 cm³/mol. The van der Waals surface area contributed by atoms with Gasteiger partial charge in [-0.25, -0.2) is 4.39 Å². The van der Waals surface area contributed by atoms with Gasteiger partial charge < -0.3 is 16.0 Å². The Bertz CT molecular complexity index is 1140. The second-order valence-electron chi connectivity index (χ2n) is 10.2. The van der Waals surface area contributed by atoms with Gasteiger partial charge in [0.2, 0.25) is 1.68 Å². The average molecular weight is 712 g/mol. The minimum Gasteiger partial charge on any atom is -0.333 e. The van der Waals surface area contributed by atoms with Crippen molar-refractivity contribution in [2.45, 2.75) is 70.7 Å². The van der Waals surface area contributed by atoms with Gasteiger partial charge in [0.15, 0.2) is 0 Å². The highest BCUT2D eigenvalue weighted by Crippen LogP contribution is 2.45. The maximum atomic E-state index is 14.7. The third-order valence-electron chi connectivity index (χ3n) is 7.71. The molecular weight excluding hydrogens is 681 g/mol. The summed E-state index contributed by atoms with van der Waals surface area (Å²) in [5.74, 6) is -0.429. The summed E-state index contributed by atoms with van der Waals surface area (Å²) >= 11 is 3.35. The largest absolute Gasteiger partial charge is 0.333 e. The summed E-state index contributed by atoms with van der Waals surface area (Å²) in [6.07, 6.45) is 6.92. The molecule has 2 aliphatic rings. The van der Waals surface area contributed by atoms with Gasteiger partial charge in [-0.1, -0.05) is 30.3 Å². The van der Waals surface area contributed by atoms with Crippen LogP contribution in [0.15, 0.2) is 48.5 Å². The second kappa shape index (κ2) is 11.0. The highest BCUT2D eigenvalue weighted by atomic mass is 127. The Morgan fingerprint density at radius 1 is 1.11 bits per heavy atom. The van der Waals surface area contributed by atoms with E-state index >= 15 is 0 Å². The number of nitriles is 1. The van der Waals surface area contributed by atoms with Crippen LogP contribution in [0.3, 0.4) is 0 Å². The number of hydrogen-bond donors (Lipinski definition) is 2. The Hall–Kier alpha value is -1.58. The molecule has 2 aliphatic carbocycles. The van der Waals surface area contributed by atoms with Crippen molar-refractivity contribution in [1.82, 2.24) is 4.90 Å². The van der Waals surface area contributed by atoms with Gasteiger partial charge in [0, 0.05) is 23.9 Å². The number of nitrogens with zero attached hydrogens (tertiary/aromatic N) is 2. The molecule has 2 saturated carbocycles. The van der Waals surface area contributed by atoms with Crippen LogP contribution in [-0.2, 0) is 5.54 Å². The van der Waals surface area contributed by atoms with Crippen molar-refractivity contribution >= 4 is 57.3 Å². The van der Waals surface area contributed by atoms with E-state index in [-0.39, 0.29) is 18.0 Å². The van der Waals surface area contributed by atoms with Crippen LogP contribution in [0.2, 0.25) is 0 Å². The minimum atomic E-state index is -1.70. The smallest absolute Gasteiger partial charge is 0.254 e. The lowest BCUT2D eigenvalue weighted by Crippen LogP contribution is -2.48. The van der Waals surface area contributed by atoms with E-state index in [2.05, 4.69) is 17.0 Å². The summed E-state index contributed by atoms with van der Waals surface area (Å²) in [6.45, 7) is 1.73. The molecule has 0 heterocycles. The summed E-state index contributed by atoms with van der Waals surface area (Å²) in [5, 5.41) is 17.2. The van der Waals surface area contributed by atoms with Crippen molar-refractivity contribution < 1.29 is 9.18 Å². The third-order valence-corrected chi connectivity index (χ3v) is 9.05. The lowest BCUT2D eigenvalue weighted by molar-refractivity contribution is 0.0605. The van der Waals surface area contributed by atoms with Crippen LogP contribution in [0, 0.1) is 22.7 Å². The molecule has 0 aliphatic heterocycles. The molecule has 0 bridgehead atoms. The molecule has 2 atom stereocenters. The van der Waals surface area contributed by atoms with Gasteiger partial charge in [0.25, 0.3) is 5.91 Å². The van der Waals surface area contributed by atoms with Crippen LogP contribution in [0.25, 0.3) is 0 Å². The summed E-state index contributed by atoms with van der Waals surface area (Å²) in [6, 6.07) is 17.8. The van der Waals surface area contributed by atoms with E-state index in [1.807, 2.05) is 18.2 Å². The molecular formula is C28H31FI2N4O. The van der Waals surface area contributed by atoms with Crippen molar-refractivity contribution in [3.63, 3.8) is 0 Å². The Labute approximate surface area is 239 Å². The molecule has 2 aromatic rings. The lowest BCUT2D eigenvalue weighted by Gasteiger charge is -2.38. The lowest BCUT2D eigenvalue weighted by atomic mass is 9.79. The van der Waals surface area contributed by atoms with E-state index in [4.69, 9.17) is 11.1 Å². The molecule has 1 unspecified atom stereocenters. The fourth-order valence-electron chi connectivity index (χ4n) is 5.51. The Morgan fingerprint density at radius 2 is 1.67 bits per heavy atom. The van der Waals surface area contributed by atoms with Gasteiger partial charge in [0.05, 0.1) is 23.1 Å². The number of alkyl halides is 3. The number of carbonyl (C=O) groups is 1. The Balaban J connectivity index is 1.48. The van der Waals surface area contributed by atoms with Gasteiger partial charge in [0.1, 0.15) is 0 Å². The Morgan fingerprint density at radius 3 is 2.17 bits per heavy atom. The first-order chi connectivity index (χ1) is 17.1. The molecule has 8 heteroatoms. The molecule has 190 valence electrons. The van der Waals surface area contributed by atoms with E-state index in [0.717, 1.165) is 55.9 Å². The SMILES string of the molecule is C[C@](N)(c1ccc(C(=O)N(C2CCC(c3ccccc3C#N)CC2)C2CC2)cc1)C(C=N)C(F)(I)I. The van der Waals surface area contributed by atoms with Gasteiger partial charge in [-0.05, 0) is 126 Å². The molecule has 1 amide bonds. The summed E-state index contributed by atoms with van der Waals surface area (Å²) in [7, 11) is 0. The fraction of sp³-hybridized carbons (Fsp3) is 0.464. The minimum absolute atomic E-state index is 0.0369. The van der Waals surface area contributed by atoms with Crippen molar-refractivity contribution in [1.29, 1.82) is 10.7 Å². The molecule has 0 aromatic heterocycles. The zero-order valence-corrected chi connectivity index (χ0v) is 24.6. The van der Waals surface area contributed by atoms with Crippen molar-refractivity contribution in [3.05, 3.63) is 70.8 Å². The standard InChI is InChI=1S/C28H31FI2N4O/c1-27(34,25(17-33)28(29,30)31)21-10-6-19(7-11-21)26(36)35(23-14-15-23)22-12-8-18(9-13-22)24-5-3-2-4-20(24)16-32/h2-7,10-11,17-18,22-23,25,33H,8-9,12-15,34H2,1H3/t18?,22?,25?,27-/m0/s1. The molecule has 0 saturated heterocycles. The molecule has 2 aromatic carbocycles. The van der Waals surface area contributed by atoms with E-state index < -0.39 is 13.1 Å². The average Bonchev–Trinajstić information content (AvgIpc) is 3.69. The van der Waals surface area contributed by atoms with Gasteiger partial charge >= 0.3 is 0 Å². The molecule has 4 rings (SSSR count). The maximum absolute atomic E-state index is 14.7. The van der Waals surface area contributed by atoms with Crippen LogP contribution in [0.1, 0.15) is 78.4 Å². The first-order valence-electron chi connectivity index (χ1n) is 12.4. The third kappa shape index (κ3) is 5.78. The molecule has 0 spiro atoms. The van der Waals surface area contributed by atoms with Crippen LogP contribution < -0.4 is 5.73 Å². The molecule has 2 fully saturated rings. The highest BCUT2D eigenvalue weighted by molar-refractivity contribution is 14.2. The normalized spacial score (nSPS) is 22.7. The molecule has 0 radical (unpaired) electrons. The molecule has 3 N–H and O–H groups in total. The zero-order chi connectivity index (χ0) is 26.1. The summed E-state index contributed by atoms with van der Waals surface area (Å²) < 4.78 is 13.0. The first kappa shape index (κ1) is 27.5. The monoisotopic (exact) mass is 712 g/mol. The van der Waals surface area contributed by atoms with Crippen LogP contribution in [-0.4, -0.2) is 30.8 Å². The first-order valence-corrected chi connectivity index (χ1v) is 14.5. The number of benzene rings is 2.